The minimum absolute atomic E-state index is 0.100. The molecule has 4 heteroatoms. The van der Waals surface area contributed by atoms with Crippen molar-refractivity contribution >= 4 is 23.4 Å². The summed E-state index contributed by atoms with van der Waals surface area (Å²) in [6.45, 7) is 2.38. The van der Waals surface area contributed by atoms with Crippen LogP contribution >= 0.6 is 0 Å². The van der Waals surface area contributed by atoms with E-state index in [1.807, 2.05) is 47.6 Å². The molecule has 2 heterocycles. The first-order valence-corrected chi connectivity index (χ1v) is 8.47. The van der Waals surface area contributed by atoms with Crippen molar-refractivity contribution in [1.29, 1.82) is 0 Å². The molecule has 0 saturated heterocycles. The SMILES string of the molecule is CC(=O)c1cccc(C2=CC3=C(CC2)CN(c2ccccn2)N=C3)c1. The van der Waals surface area contributed by atoms with Crippen LogP contribution in [0.2, 0.25) is 0 Å². The number of rotatable bonds is 3. The molecule has 4 rings (SSSR count). The van der Waals surface area contributed by atoms with Crippen LogP contribution in [0.1, 0.15) is 35.7 Å². The van der Waals surface area contributed by atoms with Gasteiger partial charge in [0.05, 0.1) is 12.8 Å². The fourth-order valence-electron chi connectivity index (χ4n) is 3.26. The zero-order chi connectivity index (χ0) is 17.2. The first-order chi connectivity index (χ1) is 12.2. The van der Waals surface area contributed by atoms with Gasteiger partial charge in [0, 0.05) is 11.8 Å². The van der Waals surface area contributed by atoms with E-state index in [-0.39, 0.29) is 5.78 Å². The summed E-state index contributed by atoms with van der Waals surface area (Å²) in [7, 11) is 0. The number of carbonyl (C=O) groups excluding carboxylic acids is 1. The molecule has 124 valence electrons. The Bertz CT molecular complexity index is 910. The second-order valence-corrected chi connectivity index (χ2v) is 6.36. The minimum atomic E-state index is 0.100. The van der Waals surface area contributed by atoms with Crippen molar-refractivity contribution in [2.75, 3.05) is 11.6 Å². The van der Waals surface area contributed by atoms with Gasteiger partial charge in [-0.25, -0.2) is 9.99 Å². The molecule has 0 bridgehead atoms. The van der Waals surface area contributed by atoms with E-state index in [0.717, 1.165) is 36.3 Å². The average molecular weight is 329 g/mol. The summed E-state index contributed by atoms with van der Waals surface area (Å²) in [5.74, 6) is 0.970. The highest BCUT2D eigenvalue weighted by molar-refractivity contribution is 5.96. The van der Waals surface area contributed by atoms with Gasteiger partial charge in [-0.2, -0.15) is 5.10 Å². The first-order valence-electron chi connectivity index (χ1n) is 8.47. The highest BCUT2D eigenvalue weighted by atomic mass is 16.1. The molecule has 4 nitrogen and oxygen atoms in total. The Morgan fingerprint density at radius 3 is 2.84 bits per heavy atom. The Morgan fingerprint density at radius 1 is 1.12 bits per heavy atom. The van der Waals surface area contributed by atoms with Crippen LogP contribution in [0.3, 0.4) is 0 Å². The van der Waals surface area contributed by atoms with Gasteiger partial charge in [0.25, 0.3) is 0 Å². The Balaban J connectivity index is 1.60. The monoisotopic (exact) mass is 329 g/mol. The highest BCUT2D eigenvalue weighted by Crippen LogP contribution is 2.33. The molecule has 0 amide bonds. The molecule has 25 heavy (non-hydrogen) atoms. The van der Waals surface area contributed by atoms with Crippen LogP contribution in [0.4, 0.5) is 5.82 Å². The number of hydrazone groups is 1. The number of pyridine rings is 1. The molecule has 0 fully saturated rings. The summed E-state index contributed by atoms with van der Waals surface area (Å²) in [5.41, 5.74) is 5.71. The number of benzene rings is 1. The van der Waals surface area contributed by atoms with E-state index < -0.39 is 0 Å². The number of hydrogen-bond donors (Lipinski definition) is 0. The maximum absolute atomic E-state index is 11.6. The lowest BCUT2D eigenvalue weighted by Gasteiger charge is -2.27. The quantitative estimate of drug-likeness (QED) is 0.790. The fourth-order valence-corrected chi connectivity index (χ4v) is 3.26. The second-order valence-electron chi connectivity index (χ2n) is 6.36. The van der Waals surface area contributed by atoms with Crippen LogP contribution < -0.4 is 5.01 Å². The van der Waals surface area contributed by atoms with Gasteiger partial charge in [-0.1, -0.05) is 24.3 Å². The third-order valence-electron chi connectivity index (χ3n) is 4.66. The molecule has 0 spiro atoms. The number of Topliss-reactive ketones (excluding diaryl/α,β-unsaturated/α-hetero) is 1. The fraction of sp³-hybridized carbons (Fsp3) is 0.190. The van der Waals surface area contributed by atoms with E-state index in [1.54, 1.807) is 13.1 Å². The van der Waals surface area contributed by atoms with Crippen molar-refractivity contribution in [2.45, 2.75) is 19.8 Å². The molecule has 1 aromatic heterocycles. The van der Waals surface area contributed by atoms with E-state index in [0.29, 0.717) is 0 Å². The van der Waals surface area contributed by atoms with E-state index in [9.17, 15) is 4.79 Å². The van der Waals surface area contributed by atoms with Gasteiger partial charge in [-0.3, -0.25) is 4.79 Å². The molecule has 0 atom stereocenters. The van der Waals surface area contributed by atoms with Gasteiger partial charge in [-0.05, 0) is 66.3 Å². The molecule has 2 aliphatic rings. The zero-order valence-corrected chi connectivity index (χ0v) is 14.1. The van der Waals surface area contributed by atoms with Crippen LogP contribution in [0.15, 0.2) is 71.0 Å². The predicted octanol–water partition coefficient (Wildman–Crippen LogP) is 4.26. The van der Waals surface area contributed by atoms with Gasteiger partial charge in [-0.15, -0.1) is 0 Å². The lowest BCUT2D eigenvalue weighted by molar-refractivity contribution is 0.101. The standard InChI is InChI=1S/C21H19N3O/c1-15(25)16-5-4-6-17(11-16)18-8-9-19-14-24(23-13-20(19)12-18)21-7-2-3-10-22-21/h2-7,10-13H,8-9,14H2,1H3. The highest BCUT2D eigenvalue weighted by Gasteiger charge is 2.20. The molecule has 0 radical (unpaired) electrons. The average Bonchev–Trinajstić information content (AvgIpc) is 2.68. The number of carbonyl (C=O) groups is 1. The summed E-state index contributed by atoms with van der Waals surface area (Å²) in [5, 5.41) is 6.49. The van der Waals surface area contributed by atoms with E-state index in [2.05, 4.69) is 22.2 Å². The number of hydrogen-bond acceptors (Lipinski definition) is 4. The van der Waals surface area contributed by atoms with Crippen molar-refractivity contribution in [1.82, 2.24) is 4.98 Å². The summed E-state index contributed by atoms with van der Waals surface area (Å²) in [6.07, 6.45) is 7.89. The third-order valence-corrected chi connectivity index (χ3v) is 4.66. The second kappa shape index (κ2) is 6.48. The Morgan fingerprint density at radius 2 is 2.04 bits per heavy atom. The van der Waals surface area contributed by atoms with Crippen molar-refractivity contribution in [2.24, 2.45) is 5.10 Å². The number of nitrogens with zero attached hydrogens (tertiary/aromatic N) is 3. The molecule has 0 N–H and O–H groups in total. The Labute approximate surface area is 147 Å². The lowest BCUT2D eigenvalue weighted by Crippen LogP contribution is -2.26. The predicted molar refractivity (Wildman–Crippen MR) is 101 cm³/mol. The molecule has 1 aromatic carbocycles. The zero-order valence-electron chi connectivity index (χ0n) is 14.1. The van der Waals surface area contributed by atoms with Gasteiger partial charge >= 0.3 is 0 Å². The normalized spacial score (nSPS) is 16.5. The molecule has 0 unspecified atom stereocenters. The molecule has 2 aromatic rings. The molecular formula is C21H19N3O. The van der Waals surface area contributed by atoms with Crippen LogP contribution in [-0.2, 0) is 0 Å². The lowest BCUT2D eigenvalue weighted by atomic mass is 9.87. The molecule has 1 aliphatic heterocycles. The summed E-state index contributed by atoms with van der Waals surface area (Å²) in [6, 6.07) is 13.7. The third kappa shape index (κ3) is 3.15. The van der Waals surface area contributed by atoms with E-state index in [4.69, 9.17) is 0 Å². The Hall–Kier alpha value is -3.01. The smallest absolute Gasteiger partial charge is 0.159 e. The largest absolute Gasteiger partial charge is 0.295 e. The summed E-state index contributed by atoms with van der Waals surface area (Å²) < 4.78 is 0. The van der Waals surface area contributed by atoms with Crippen molar-refractivity contribution in [3.05, 3.63) is 77.0 Å². The first kappa shape index (κ1) is 15.5. The van der Waals surface area contributed by atoms with Crippen LogP contribution in [-0.4, -0.2) is 23.5 Å². The van der Waals surface area contributed by atoms with Crippen molar-refractivity contribution in [3.8, 4) is 0 Å². The van der Waals surface area contributed by atoms with Gasteiger partial charge in [0.15, 0.2) is 5.78 Å². The number of ketones is 1. The number of allylic oxidation sites excluding steroid dienone is 3. The number of anilines is 1. The van der Waals surface area contributed by atoms with Crippen LogP contribution in [0.25, 0.3) is 5.57 Å². The van der Waals surface area contributed by atoms with E-state index >= 15 is 0 Å². The maximum atomic E-state index is 11.6. The number of aromatic nitrogens is 1. The summed E-state index contributed by atoms with van der Waals surface area (Å²) in [4.78, 5) is 16.0. The van der Waals surface area contributed by atoms with Gasteiger partial charge in [0.2, 0.25) is 0 Å². The molecule has 1 aliphatic carbocycles. The van der Waals surface area contributed by atoms with Gasteiger partial charge < -0.3 is 0 Å². The Kier molecular flexibility index (Phi) is 4.02. The van der Waals surface area contributed by atoms with Crippen molar-refractivity contribution in [3.63, 3.8) is 0 Å². The topological polar surface area (TPSA) is 45.6 Å². The van der Waals surface area contributed by atoms with E-state index in [1.165, 1.54) is 16.7 Å². The molecular weight excluding hydrogens is 310 g/mol. The minimum Gasteiger partial charge on any atom is -0.295 e. The van der Waals surface area contributed by atoms with Crippen LogP contribution in [0.5, 0.6) is 0 Å². The van der Waals surface area contributed by atoms with Crippen LogP contribution in [0, 0.1) is 0 Å². The van der Waals surface area contributed by atoms with Gasteiger partial charge in [0.1, 0.15) is 5.82 Å². The molecule has 0 saturated carbocycles. The van der Waals surface area contributed by atoms with Crippen molar-refractivity contribution < 1.29 is 4.79 Å². The summed E-state index contributed by atoms with van der Waals surface area (Å²) >= 11 is 0. The maximum Gasteiger partial charge on any atom is 0.159 e.